The van der Waals surface area contributed by atoms with E-state index in [9.17, 15) is 13.2 Å². The Balaban J connectivity index is 2.17. The summed E-state index contributed by atoms with van der Waals surface area (Å²) >= 11 is 5.52. The van der Waals surface area contributed by atoms with E-state index in [2.05, 4.69) is 25.5 Å². The summed E-state index contributed by atoms with van der Waals surface area (Å²) < 4.78 is 39.1. The molecule has 2 rings (SSSR count). The van der Waals surface area contributed by atoms with Crippen molar-refractivity contribution in [2.75, 3.05) is 5.32 Å². The summed E-state index contributed by atoms with van der Waals surface area (Å²) in [5.74, 6) is -0.779. The third-order valence-electron chi connectivity index (χ3n) is 2.18. The molecular formula is C9H8ClF3N6. The van der Waals surface area contributed by atoms with Crippen LogP contribution in [0.15, 0.2) is 12.4 Å². The van der Waals surface area contributed by atoms with Crippen molar-refractivity contribution in [1.29, 1.82) is 0 Å². The molecule has 0 aromatic carbocycles. The van der Waals surface area contributed by atoms with Crippen molar-refractivity contribution in [3.05, 3.63) is 29.2 Å². The van der Waals surface area contributed by atoms with Crippen molar-refractivity contribution in [1.82, 2.24) is 24.7 Å². The number of hydrogen-bond donors (Lipinski definition) is 1. The van der Waals surface area contributed by atoms with E-state index >= 15 is 0 Å². The highest BCUT2D eigenvalue weighted by molar-refractivity contribution is 6.29. The van der Waals surface area contributed by atoms with Gasteiger partial charge in [-0.3, -0.25) is 0 Å². The summed E-state index contributed by atoms with van der Waals surface area (Å²) in [7, 11) is 1.71. The van der Waals surface area contributed by atoms with E-state index in [1.165, 1.54) is 12.4 Å². The highest BCUT2D eigenvalue weighted by Crippen LogP contribution is 2.28. The van der Waals surface area contributed by atoms with Crippen molar-refractivity contribution in [3.8, 4) is 0 Å². The first-order valence-electron chi connectivity index (χ1n) is 5.05. The molecule has 0 bridgehead atoms. The first kappa shape index (κ1) is 13.5. The predicted molar refractivity (Wildman–Crippen MR) is 60.4 cm³/mol. The molecular weight excluding hydrogens is 285 g/mol. The molecule has 0 atom stereocenters. The molecule has 0 saturated carbocycles. The fourth-order valence-electron chi connectivity index (χ4n) is 1.27. The Labute approximate surface area is 110 Å². The molecule has 0 aliphatic heterocycles. The van der Waals surface area contributed by atoms with E-state index in [0.29, 0.717) is 5.82 Å². The molecule has 0 unspecified atom stereocenters. The Hall–Kier alpha value is -1.90. The third kappa shape index (κ3) is 3.31. The average molecular weight is 293 g/mol. The number of rotatable bonds is 3. The molecule has 2 aromatic rings. The van der Waals surface area contributed by atoms with E-state index in [4.69, 9.17) is 11.6 Å². The van der Waals surface area contributed by atoms with Crippen LogP contribution in [0.3, 0.4) is 0 Å². The first-order chi connectivity index (χ1) is 8.86. The highest BCUT2D eigenvalue weighted by Gasteiger charge is 2.35. The van der Waals surface area contributed by atoms with Gasteiger partial charge in [0.15, 0.2) is 5.82 Å². The summed E-state index contributed by atoms with van der Waals surface area (Å²) in [5.41, 5.74) is 0. The number of aromatic nitrogens is 5. The minimum atomic E-state index is -4.65. The predicted octanol–water partition coefficient (Wildman–Crippen LogP) is 1.89. The number of halogens is 4. The van der Waals surface area contributed by atoms with Crippen LogP contribution in [0.4, 0.5) is 19.0 Å². The van der Waals surface area contributed by atoms with Crippen LogP contribution in [0, 0.1) is 0 Å². The lowest BCUT2D eigenvalue weighted by Gasteiger charge is -2.09. The van der Waals surface area contributed by atoms with Gasteiger partial charge in [0.2, 0.25) is 5.82 Å². The van der Waals surface area contributed by atoms with Gasteiger partial charge in [0, 0.05) is 13.1 Å². The number of hydrogen-bond acceptors (Lipinski definition) is 5. The van der Waals surface area contributed by atoms with E-state index in [1.54, 1.807) is 11.6 Å². The smallest absolute Gasteiger partial charge is 0.363 e. The maximum atomic E-state index is 12.5. The van der Waals surface area contributed by atoms with Crippen LogP contribution in [-0.2, 0) is 19.8 Å². The second-order valence-corrected chi connectivity index (χ2v) is 4.00. The Morgan fingerprint density at radius 3 is 2.68 bits per heavy atom. The summed E-state index contributed by atoms with van der Waals surface area (Å²) in [6.07, 6.45) is -3.17. The molecule has 0 spiro atoms. The lowest BCUT2D eigenvalue weighted by molar-refractivity contribution is -0.144. The maximum Gasteiger partial charge on any atom is 0.451 e. The maximum absolute atomic E-state index is 12.5. The van der Waals surface area contributed by atoms with Crippen LogP contribution in [0.25, 0.3) is 0 Å². The van der Waals surface area contributed by atoms with Gasteiger partial charge in [0.05, 0.1) is 6.54 Å². The highest BCUT2D eigenvalue weighted by atomic mass is 35.5. The summed E-state index contributed by atoms with van der Waals surface area (Å²) in [4.78, 5) is 6.47. The monoisotopic (exact) mass is 292 g/mol. The number of aryl methyl sites for hydroxylation is 1. The van der Waals surface area contributed by atoms with Gasteiger partial charge < -0.3 is 9.88 Å². The van der Waals surface area contributed by atoms with Gasteiger partial charge in [-0.15, -0.1) is 10.2 Å². The summed E-state index contributed by atoms with van der Waals surface area (Å²) in [6.45, 7) is 0.168. The average Bonchev–Trinajstić information content (AvgIpc) is 2.70. The number of anilines is 1. The first-order valence-corrected chi connectivity index (χ1v) is 5.42. The lowest BCUT2D eigenvalue weighted by atomic mass is 10.5. The van der Waals surface area contributed by atoms with E-state index < -0.39 is 12.0 Å². The zero-order chi connectivity index (χ0) is 14.0. The van der Waals surface area contributed by atoms with E-state index in [1.807, 2.05) is 0 Å². The largest absolute Gasteiger partial charge is 0.451 e. The minimum Gasteiger partial charge on any atom is -0.363 e. The molecule has 0 aliphatic rings. The van der Waals surface area contributed by atoms with E-state index in [0.717, 1.165) is 0 Å². The van der Waals surface area contributed by atoms with Gasteiger partial charge >= 0.3 is 6.18 Å². The van der Waals surface area contributed by atoms with Gasteiger partial charge in [0.25, 0.3) is 0 Å². The van der Waals surface area contributed by atoms with Crippen molar-refractivity contribution >= 4 is 17.4 Å². The molecule has 2 heterocycles. The topological polar surface area (TPSA) is 68.5 Å². The quantitative estimate of drug-likeness (QED) is 0.875. The second kappa shape index (κ2) is 5.00. The van der Waals surface area contributed by atoms with Crippen LogP contribution >= 0.6 is 11.6 Å². The molecule has 6 nitrogen and oxygen atoms in total. The molecule has 10 heteroatoms. The third-order valence-corrected chi connectivity index (χ3v) is 2.37. The van der Waals surface area contributed by atoms with Crippen molar-refractivity contribution in [2.24, 2.45) is 7.05 Å². The summed E-state index contributed by atoms with van der Waals surface area (Å²) in [5, 5.41) is 9.81. The summed E-state index contributed by atoms with van der Waals surface area (Å²) in [6, 6.07) is 1.20. The zero-order valence-corrected chi connectivity index (χ0v) is 10.4. The molecule has 0 fully saturated rings. The van der Waals surface area contributed by atoms with Crippen molar-refractivity contribution < 1.29 is 13.2 Å². The van der Waals surface area contributed by atoms with Gasteiger partial charge in [-0.1, -0.05) is 11.6 Å². The molecule has 0 saturated heterocycles. The molecule has 102 valence electrons. The van der Waals surface area contributed by atoms with Crippen LogP contribution in [0.5, 0.6) is 0 Å². The number of nitrogens with one attached hydrogen (secondary N) is 1. The standard InChI is InChI=1S/C9H8ClF3N6/c1-19-4-15-18-7(19)3-14-6-2-5(10)16-8(17-6)9(11,12)13/h2,4H,3H2,1H3,(H,14,16,17). The Morgan fingerprint density at radius 2 is 2.11 bits per heavy atom. The van der Waals surface area contributed by atoms with Crippen LogP contribution < -0.4 is 5.32 Å². The second-order valence-electron chi connectivity index (χ2n) is 3.61. The minimum absolute atomic E-state index is 0.0321. The van der Waals surface area contributed by atoms with Gasteiger partial charge in [-0.05, 0) is 0 Å². The van der Waals surface area contributed by atoms with Crippen LogP contribution in [0.2, 0.25) is 5.15 Å². The molecule has 19 heavy (non-hydrogen) atoms. The molecule has 1 N–H and O–H groups in total. The molecule has 2 aromatic heterocycles. The van der Waals surface area contributed by atoms with Crippen LogP contribution in [-0.4, -0.2) is 24.7 Å². The van der Waals surface area contributed by atoms with Gasteiger partial charge in [0.1, 0.15) is 17.3 Å². The lowest BCUT2D eigenvalue weighted by Crippen LogP contribution is -2.14. The number of nitrogens with zero attached hydrogens (tertiary/aromatic N) is 5. The molecule has 0 radical (unpaired) electrons. The Bertz CT molecular complexity index is 582. The molecule has 0 amide bonds. The Morgan fingerprint density at radius 1 is 1.37 bits per heavy atom. The normalized spacial score (nSPS) is 11.6. The van der Waals surface area contributed by atoms with Gasteiger partial charge in [-0.2, -0.15) is 13.2 Å². The SMILES string of the molecule is Cn1cnnc1CNc1cc(Cl)nc(C(F)(F)F)n1. The number of alkyl halides is 3. The zero-order valence-electron chi connectivity index (χ0n) is 9.61. The Kier molecular flexibility index (Phi) is 3.56. The fraction of sp³-hybridized carbons (Fsp3) is 0.333. The fourth-order valence-corrected chi connectivity index (χ4v) is 1.46. The van der Waals surface area contributed by atoms with Crippen molar-refractivity contribution in [3.63, 3.8) is 0 Å². The van der Waals surface area contributed by atoms with Crippen molar-refractivity contribution in [2.45, 2.75) is 12.7 Å². The van der Waals surface area contributed by atoms with Crippen LogP contribution in [0.1, 0.15) is 11.6 Å². The van der Waals surface area contributed by atoms with E-state index in [-0.39, 0.29) is 17.5 Å². The van der Waals surface area contributed by atoms with Gasteiger partial charge in [-0.25, -0.2) is 9.97 Å². The molecule has 0 aliphatic carbocycles.